The van der Waals surface area contributed by atoms with Gasteiger partial charge in [-0.2, -0.15) is 0 Å². The van der Waals surface area contributed by atoms with Crippen LogP contribution >= 0.6 is 0 Å². The van der Waals surface area contributed by atoms with Crippen molar-refractivity contribution in [2.24, 2.45) is 17.8 Å². The zero-order valence-corrected chi connectivity index (χ0v) is 11.8. The van der Waals surface area contributed by atoms with Crippen LogP contribution in [0, 0.1) is 17.8 Å². The van der Waals surface area contributed by atoms with Crippen molar-refractivity contribution in [2.75, 3.05) is 6.61 Å². The molecule has 2 nitrogen and oxygen atoms in total. The maximum Gasteiger partial charge on any atom is 0.188 e. The van der Waals surface area contributed by atoms with E-state index in [4.69, 9.17) is 5.11 Å². The van der Waals surface area contributed by atoms with Crippen LogP contribution in [0.3, 0.4) is 0 Å². The topological polar surface area (TPSA) is 37.3 Å². The van der Waals surface area contributed by atoms with Gasteiger partial charge < -0.3 is 5.11 Å². The molecule has 5 rings (SSSR count). The van der Waals surface area contributed by atoms with Gasteiger partial charge in [0.05, 0.1) is 0 Å². The number of aliphatic hydroxyl groups is 1. The van der Waals surface area contributed by atoms with Gasteiger partial charge in [-0.25, -0.2) is 0 Å². The van der Waals surface area contributed by atoms with Crippen molar-refractivity contribution in [3.05, 3.63) is 35.4 Å². The van der Waals surface area contributed by atoms with Crippen LogP contribution in [0.5, 0.6) is 0 Å². The van der Waals surface area contributed by atoms with Crippen molar-refractivity contribution >= 4 is 5.78 Å². The Bertz CT molecular complexity index is 511. The Morgan fingerprint density at radius 3 is 2.25 bits per heavy atom. The highest BCUT2D eigenvalue weighted by molar-refractivity contribution is 5.97. The minimum Gasteiger partial charge on any atom is -0.388 e. The molecule has 4 bridgehead atoms. The second kappa shape index (κ2) is 4.42. The van der Waals surface area contributed by atoms with Gasteiger partial charge >= 0.3 is 0 Å². The molecule has 0 unspecified atom stereocenters. The molecule has 0 atom stereocenters. The molecule has 0 spiro atoms. The molecule has 4 aliphatic rings. The Morgan fingerprint density at radius 1 is 1.10 bits per heavy atom. The molecule has 0 aromatic heterocycles. The molecular formula is C18H22O2. The van der Waals surface area contributed by atoms with Gasteiger partial charge in [0.1, 0.15) is 6.61 Å². The molecule has 1 aromatic rings. The third-order valence-corrected chi connectivity index (χ3v) is 5.98. The second-order valence-corrected chi connectivity index (χ2v) is 7.36. The third-order valence-electron chi connectivity index (χ3n) is 5.98. The van der Waals surface area contributed by atoms with Crippen molar-refractivity contribution in [1.29, 1.82) is 0 Å². The predicted octanol–water partition coefficient (Wildman–Crippen LogP) is 3.33. The van der Waals surface area contributed by atoms with Crippen LogP contribution in [0.2, 0.25) is 0 Å². The molecule has 0 heterocycles. The summed E-state index contributed by atoms with van der Waals surface area (Å²) in [5, 5.41) is 9.06. The summed E-state index contributed by atoms with van der Waals surface area (Å²) in [6.45, 7) is -0.385. The Labute approximate surface area is 120 Å². The number of hydrogen-bond donors (Lipinski definition) is 1. The van der Waals surface area contributed by atoms with Crippen molar-refractivity contribution in [3.8, 4) is 0 Å². The lowest BCUT2D eigenvalue weighted by atomic mass is 9.48. The number of aliphatic hydroxyl groups excluding tert-OH is 1. The number of carbonyl (C=O) groups is 1. The maximum atomic E-state index is 11.7. The van der Waals surface area contributed by atoms with E-state index in [1.165, 1.54) is 44.1 Å². The number of hydrogen-bond acceptors (Lipinski definition) is 2. The van der Waals surface area contributed by atoms with Gasteiger partial charge in [0.15, 0.2) is 5.78 Å². The van der Waals surface area contributed by atoms with Gasteiger partial charge in [-0.05, 0) is 73.3 Å². The first kappa shape index (κ1) is 12.6. The normalized spacial score (nSPS) is 38.1. The van der Waals surface area contributed by atoms with Crippen molar-refractivity contribution in [1.82, 2.24) is 0 Å². The lowest BCUT2D eigenvalue weighted by Crippen LogP contribution is -2.48. The van der Waals surface area contributed by atoms with Gasteiger partial charge in [0, 0.05) is 5.56 Å². The second-order valence-electron chi connectivity index (χ2n) is 7.36. The van der Waals surface area contributed by atoms with E-state index in [1.807, 2.05) is 12.1 Å². The van der Waals surface area contributed by atoms with E-state index in [0.717, 1.165) is 17.8 Å². The highest BCUT2D eigenvalue weighted by atomic mass is 16.3. The fraction of sp³-hybridized carbons (Fsp3) is 0.611. The monoisotopic (exact) mass is 270 g/mol. The standard InChI is InChI=1S/C18H22O2/c19-11-17(20)15-2-1-3-16(7-15)18-8-12-4-13(9-18)6-14(5-12)10-18/h1-3,7,12-14,19H,4-6,8-11H2. The fourth-order valence-corrected chi connectivity index (χ4v) is 5.58. The smallest absolute Gasteiger partial charge is 0.188 e. The average Bonchev–Trinajstić information content (AvgIpc) is 2.45. The maximum absolute atomic E-state index is 11.7. The highest BCUT2D eigenvalue weighted by Gasteiger charge is 2.51. The summed E-state index contributed by atoms with van der Waals surface area (Å²) in [5.41, 5.74) is 2.37. The molecule has 0 aliphatic heterocycles. The van der Waals surface area contributed by atoms with Gasteiger partial charge in [-0.1, -0.05) is 18.2 Å². The minimum absolute atomic E-state index is 0.156. The van der Waals surface area contributed by atoms with E-state index in [0.29, 0.717) is 11.0 Å². The molecule has 1 N–H and O–H groups in total. The largest absolute Gasteiger partial charge is 0.388 e. The molecule has 0 amide bonds. The molecule has 0 radical (unpaired) electrons. The Kier molecular flexibility index (Phi) is 2.78. The zero-order valence-electron chi connectivity index (χ0n) is 11.8. The van der Waals surface area contributed by atoms with Gasteiger partial charge in [0.25, 0.3) is 0 Å². The third kappa shape index (κ3) is 1.85. The molecular weight excluding hydrogens is 248 g/mol. The highest BCUT2D eigenvalue weighted by Crippen LogP contribution is 2.60. The van der Waals surface area contributed by atoms with Crippen LogP contribution in [0.15, 0.2) is 24.3 Å². The van der Waals surface area contributed by atoms with E-state index in [1.54, 1.807) is 0 Å². The van der Waals surface area contributed by atoms with Crippen LogP contribution in [0.1, 0.15) is 54.4 Å². The van der Waals surface area contributed by atoms with Gasteiger partial charge in [-0.15, -0.1) is 0 Å². The molecule has 106 valence electrons. The Balaban J connectivity index is 1.72. The first-order valence-corrected chi connectivity index (χ1v) is 7.93. The molecule has 2 heteroatoms. The summed E-state index contributed by atoms with van der Waals surface area (Å²) >= 11 is 0. The molecule has 4 aliphatic carbocycles. The molecule has 20 heavy (non-hydrogen) atoms. The first-order chi connectivity index (χ1) is 9.68. The van der Waals surface area contributed by atoms with Gasteiger partial charge in [-0.3, -0.25) is 4.79 Å². The van der Waals surface area contributed by atoms with Crippen molar-refractivity contribution in [3.63, 3.8) is 0 Å². The van der Waals surface area contributed by atoms with E-state index in [-0.39, 0.29) is 12.4 Å². The SMILES string of the molecule is O=C(CO)c1cccc(C23CC4CC(CC(C4)C2)C3)c1. The quantitative estimate of drug-likeness (QED) is 0.855. The first-order valence-electron chi connectivity index (χ1n) is 7.93. The van der Waals surface area contributed by atoms with Crippen molar-refractivity contribution in [2.45, 2.75) is 43.9 Å². The summed E-state index contributed by atoms with van der Waals surface area (Å²) in [6, 6.07) is 8.10. The van der Waals surface area contributed by atoms with Crippen LogP contribution in [-0.4, -0.2) is 17.5 Å². The number of ketones is 1. The Morgan fingerprint density at radius 2 is 1.70 bits per heavy atom. The molecule has 4 fully saturated rings. The van der Waals surface area contributed by atoms with Crippen LogP contribution in [-0.2, 0) is 5.41 Å². The summed E-state index contributed by atoms with van der Waals surface area (Å²) in [5.74, 6) is 2.59. The molecule has 1 aromatic carbocycles. The van der Waals surface area contributed by atoms with E-state index < -0.39 is 0 Å². The minimum atomic E-state index is -0.385. The summed E-state index contributed by atoms with van der Waals surface area (Å²) in [7, 11) is 0. The summed E-state index contributed by atoms with van der Waals surface area (Å²) in [6.07, 6.45) is 8.26. The van der Waals surface area contributed by atoms with Crippen LogP contribution in [0.25, 0.3) is 0 Å². The lowest BCUT2D eigenvalue weighted by Gasteiger charge is -2.57. The number of carbonyl (C=O) groups excluding carboxylic acids is 1. The lowest BCUT2D eigenvalue weighted by molar-refractivity contribution is -0.00520. The van der Waals surface area contributed by atoms with E-state index >= 15 is 0 Å². The summed E-state index contributed by atoms with van der Waals surface area (Å²) in [4.78, 5) is 11.7. The predicted molar refractivity (Wildman–Crippen MR) is 77.7 cm³/mol. The number of rotatable bonds is 3. The van der Waals surface area contributed by atoms with E-state index in [9.17, 15) is 4.79 Å². The van der Waals surface area contributed by atoms with Crippen molar-refractivity contribution < 1.29 is 9.90 Å². The number of benzene rings is 1. The zero-order chi connectivity index (χ0) is 13.7. The number of Topliss-reactive ketones (excluding diaryl/α,β-unsaturated/α-hetero) is 1. The van der Waals surface area contributed by atoms with Crippen LogP contribution in [0.4, 0.5) is 0 Å². The molecule has 4 saturated carbocycles. The Hall–Kier alpha value is -1.15. The van der Waals surface area contributed by atoms with Crippen LogP contribution < -0.4 is 0 Å². The van der Waals surface area contributed by atoms with E-state index in [2.05, 4.69) is 12.1 Å². The molecule has 0 saturated heterocycles. The van der Waals surface area contributed by atoms with Gasteiger partial charge in [0.2, 0.25) is 0 Å². The fourth-order valence-electron chi connectivity index (χ4n) is 5.58. The average molecular weight is 270 g/mol. The summed E-state index contributed by atoms with van der Waals surface area (Å²) < 4.78 is 0.